The van der Waals surface area contributed by atoms with Crippen LogP contribution >= 0.6 is 11.6 Å². The van der Waals surface area contributed by atoms with Crippen LogP contribution in [0.25, 0.3) is 5.69 Å². The first kappa shape index (κ1) is 13.7. The average Bonchev–Trinajstić information content (AvgIpc) is 3.10. The quantitative estimate of drug-likeness (QED) is 0.803. The zero-order chi connectivity index (χ0) is 14.8. The maximum atomic E-state index is 6.34. The monoisotopic (exact) mass is 301 g/mol. The van der Waals surface area contributed by atoms with Gasteiger partial charge in [0.2, 0.25) is 0 Å². The summed E-state index contributed by atoms with van der Waals surface area (Å²) in [6.45, 7) is 2.09. The van der Waals surface area contributed by atoms with Crippen molar-refractivity contribution < 1.29 is 0 Å². The molecule has 0 spiro atoms. The second-order valence-electron chi connectivity index (χ2n) is 4.90. The first-order valence-electron chi connectivity index (χ1n) is 6.69. The summed E-state index contributed by atoms with van der Waals surface area (Å²) in [6, 6.07) is 7.77. The van der Waals surface area contributed by atoms with Crippen LogP contribution in [0.3, 0.4) is 0 Å². The van der Waals surface area contributed by atoms with Crippen LogP contribution in [0.5, 0.6) is 0 Å². The number of aromatic nitrogens is 4. The van der Waals surface area contributed by atoms with E-state index < -0.39 is 0 Å². The lowest BCUT2D eigenvalue weighted by atomic mass is 10.1. The number of hydrogen-bond acceptors (Lipinski definition) is 3. The Bertz CT molecular complexity index is 732. The summed E-state index contributed by atoms with van der Waals surface area (Å²) in [5.74, 6) is 0. The van der Waals surface area contributed by atoms with Crippen molar-refractivity contribution in [3.63, 3.8) is 0 Å². The Labute approximate surface area is 128 Å². The molecule has 108 valence electrons. The van der Waals surface area contributed by atoms with Gasteiger partial charge in [0.05, 0.1) is 22.9 Å². The first-order chi connectivity index (χ1) is 10.1. The molecule has 0 amide bonds. The molecule has 1 aromatic carbocycles. The van der Waals surface area contributed by atoms with Crippen molar-refractivity contribution in [2.24, 2.45) is 7.05 Å². The minimum atomic E-state index is 0.117. The third kappa shape index (κ3) is 2.78. The van der Waals surface area contributed by atoms with Gasteiger partial charge in [-0.25, -0.2) is 4.68 Å². The van der Waals surface area contributed by atoms with Gasteiger partial charge in [-0.05, 0) is 25.1 Å². The summed E-state index contributed by atoms with van der Waals surface area (Å²) in [4.78, 5) is 0. The van der Waals surface area contributed by atoms with Crippen molar-refractivity contribution in [1.82, 2.24) is 19.6 Å². The minimum absolute atomic E-state index is 0.117. The predicted octanol–water partition coefficient (Wildman–Crippen LogP) is 3.43. The van der Waals surface area contributed by atoms with E-state index in [0.29, 0.717) is 5.02 Å². The highest BCUT2D eigenvalue weighted by atomic mass is 35.5. The van der Waals surface area contributed by atoms with Gasteiger partial charge >= 0.3 is 0 Å². The fourth-order valence-corrected chi connectivity index (χ4v) is 2.51. The number of nitrogens with zero attached hydrogens (tertiary/aromatic N) is 4. The Morgan fingerprint density at radius 1 is 1.24 bits per heavy atom. The van der Waals surface area contributed by atoms with E-state index >= 15 is 0 Å². The molecule has 2 aromatic heterocycles. The molecule has 0 aliphatic heterocycles. The third-order valence-electron chi connectivity index (χ3n) is 3.32. The van der Waals surface area contributed by atoms with E-state index in [1.54, 1.807) is 15.6 Å². The van der Waals surface area contributed by atoms with Gasteiger partial charge in [-0.1, -0.05) is 17.7 Å². The van der Waals surface area contributed by atoms with Gasteiger partial charge in [-0.2, -0.15) is 10.2 Å². The maximum Gasteiger partial charge on any atom is 0.106 e. The van der Waals surface area contributed by atoms with Gasteiger partial charge in [0.1, 0.15) is 5.69 Å². The van der Waals surface area contributed by atoms with Gasteiger partial charge in [-0.3, -0.25) is 4.68 Å². The van der Waals surface area contributed by atoms with Crippen molar-refractivity contribution in [1.29, 1.82) is 0 Å². The van der Waals surface area contributed by atoms with E-state index in [2.05, 4.69) is 22.4 Å². The highest BCUT2D eigenvalue weighted by molar-refractivity contribution is 6.33. The second-order valence-corrected chi connectivity index (χ2v) is 5.31. The average molecular weight is 302 g/mol. The standard InChI is InChI=1S/C15H16ClN5/c1-11(12-9-18-20(2)10-12)19-14-6-3-5-13(16)15(14)21-8-4-7-17-21/h3-11,19H,1-2H3. The zero-order valence-electron chi connectivity index (χ0n) is 11.9. The molecule has 0 bridgehead atoms. The summed E-state index contributed by atoms with van der Waals surface area (Å²) < 4.78 is 3.56. The fourth-order valence-electron chi connectivity index (χ4n) is 2.25. The van der Waals surface area contributed by atoms with Crippen LogP contribution in [-0.4, -0.2) is 19.6 Å². The lowest BCUT2D eigenvalue weighted by Gasteiger charge is -2.18. The van der Waals surface area contributed by atoms with E-state index in [0.717, 1.165) is 16.9 Å². The molecule has 0 radical (unpaired) electrons. The highest BCUT2D eigenvalue weighted by Crippen LogP contribution is 2.30. The fraction of sp³-hybridized carbons (Fsp3) is 0.200. The molecule has 1 atom stereocenters. The number of nitrogens with one attached hydrogen (secondary N) is 1. The topological polar surface area (TPSA) is 47.7 Å². The smallest absolute Gasteiger partial charge is 0.106 e. The number of hydrogen-bond donors (Lipinski definition) is 1. The van der Waals surface area contributed by atoms with Gasteiger partial charge < -0.3 is 5.32 Å². The maximum absolute atomic E-state index is 6.34. The Balaban J connectivity index is 1.94. The van der Waals surface area contributed by atoms with Crippen LogP contribution < -0.4 is 5.32 Å². The molecular weight excluding hydrogens is 286 g/mol. The molecule has 0 fully saturated rings. The van der Waals surface area contributed by atoms with Crippen LogP contribution in [0.2, 0.25) is 5.02 Å². The Kier molecular flexibility index (Phi) is 3.66. The summed E-state index contributed by atoms with van der Waals surface area (Å²) in [6.07, 6.45) is 7.46. The molecule has 3 rings (SSSR count). The van der Waals surface area contributed by atoms with Crippen LogP contribution in [0.15, 0.2) is 49.1 Å². The molecule has 6 heteroatoms. The number of para-hydroxylation sites is 1. The van der Waals surface area contributed by atoms with Crippen molar-refractivity contribution in [2.45, 2.75) is 13.0 Å². The molecule has 5 nitrogen and oxygen atoms in total. The molecule has 1 unspecified atom stereocenters. The van der Waals surface area contributed by atoms with Gasteiger partial charge in [0.25, 0.3) is 0 Å². The summed E-state index contributed by atoms with van der Waals surface area (Å²) in [7, 11) is 1.91. The predicted molar refractivity (Wildman–Crippen MR) is 83.8 cm³/mol. The number of benzene rings is 1. The Morgan fingerprint density at radius 3 is 2.76 bits per heavy atom. The van der Waals surface area contributed by atoms with E-state index in [1.165, 1.54) is 0 Å². The van der Waals surface area contributed by atoms with Gasteiger partial charge in [0.15, 0.2) is 0 Å². The van der Waals surface area contributed by atoms with Crippen molar-refractivity contribution in [3.8, 4) is 5.69 Å². The molecule has 0 saturated heterocycles. The Hall–Kier alpha value is -2.27. The van der Waals surface area contributed by atoms with Gasteiger partial charge in [0, 0.05) is 31.2 Å². The van der Waals surface area contributed by atoms with Crippen LogP contribution in [0, 0.1) is 0 Å². The zero-order valence-corrected chi connectivity index (χ0v) is 12.6. The second kappa shape index (κ2) is 5.61. The van der Waals surface area contributed by atoms with Crippen molar-refractivity contribution in [3.05, 3.63) is 59.6 Å². The number of halogens is 1. The summed E-state index contributed by atoms with van der Waals surface area (Å²) >= 11 is 6.34. The lowest BCUT2D eigenvalue weighted by Crippen LogP contribution is -2.09. The third-order valence-corrected chi connectivity index (χ3v) is 3.62. The van der Waals surface area contributed by atoms with Crippen LogP contribution in [0.1, 0.15) is 18.5 Å². The molecule has 3 aromatic rings. The molecule has 0 aliphatic carbocycles. The number of rotatable bonds is 4. The molecule has 1 N–H and O–H groups in total. The number of aryl methyl sites for hydroxylation is 1. The minimum Gasteiger partial charge on any atom is -0.377 e. The van der Waals surface area contributed by atoms with E-state index in [9.17, 15) is 0 Å². The lowest BCUT2D eigenvalue weighted by molar-refractivity contribution is 0.765. The Morgan fingerprint density at radius 2 is 2.10 bits per heavy atom. The summed E-state index contributed by atoms with van der Waals surface area (Å²) in [5.41, 5.74) is 2.89. The molecule has 21 heavy (non-hydrogen) atoms. The molecule has 0 aliphatic rings. The highest BCUT2D eigenvalue weighted by Gasteiger charge is 2.13. The molecular formula is C15H16ClN5. The molecule has 2 heterocycles. The van der Waals surface area contributed by atoms with E-state index in [4.69, 9.17) is 11.6 Å². The SMILES string of the molecule is CC(Nc1cccc(Cl)c1-n1cccn1)c1cnn(C)c1. The number of anilines is 1. The van der Waals surface area contributed by atoms with E-state index in [-0.39, 0.29) is 6.04 Å². The van der Waals surface area contributed by atoms with Crippen LogP contribution in [-0.2, 0) is 7.05 Å². The van der Waals surface area contributed by atoms with Crippen LogP contribution in [0.4, 0.5) is 5.69 Å². The van der Waals surface area contributed by atoms with Gasteiger partial charge in [-0.15, -0.1) is 0 Å². The van der Waals surface area contributed by atoms with Crippen molar-refractivity contribution in [2.75, 3.05) is 5.32 Å². The van der Waals surface area contributed by atoms with E-state index in [1.807, 2.05) is 49.9 Å². The van der Waals surface area contributed by atoms with Crippen molar-refractivity contribution >= 4 is 17.3 Å². The first-order valence-corrected chi connectivity index (χ1v) is 7.06. The molecule has 0 saturated carbocycles. The summed E-state index contributed by atoms with van der Waals surface area (Å²) in [5, 5.41) is 12.6. The largest absolute Gasteiger partial charge is 0.377 e. The normalized spacial score (nSPS) is 12.3.